The van der Waals surface area contributed by atoms with Crippen molar-refractivity contribution in [3.63, 3.8) is 0 Å². The maximum Gasteiger partial charge on any atom is 0.321 e. The summed E-state index contributed by atoms with van der Waals surface area (Å²) in [7, 11) is 1.49. The van der Waals surface area contributed by atoms with E-state index in [1.807, 2.05) is 42.5 Å². The summed E-state index contributed by atoms with van der Waals surface area (Å²) in [5.41, 5.74) is 1.88. The van der Waals surface area contributed by atoms with Crippen LogP contribution in [0.15, 0.2) is 67.4 Å². The van der Waals surface area contributed by atoms with Gasteiger partial charge >= 0.3 is 6.03 Å². The smallest absolute Gasteiger partial charge is 0.321 e. The Labute approximate surface area is 145 Å². The van der Waals surface area contributed by atoms with E-state index >= 15 is 0 Å². The highest BCUT2D eigenvalue weighted by molar-refractivity contribution is 5.90. The monoisotopic (exact) mass is 335 g/mol. The third-order valence-corrected chi connectivity index (χ3v) is 3.58. The fourth-order valence-corrected chi connectivity index (χ4v) is 2.40. The topological polar surface area (TPSA) is 89.0 Å². The van der Waals surface area contributed by atoms with E-state index in [4.69, 9.17) is 4.74 Å². The van der Waals surface area contributed by atoms with Crippen LogP contribution in [0.5, 0.6) is 5.75 Å². The lowest BCUT2D eigenvalue weighted by Crippen LogP contribution is -2.33. The van der Waals surface area contributed by atoms with E-state index in [2.05, 4.69) is 25.6 Å². The second kappa shape index (κ2) is 7.87. The fraction of sp³-hybridized carbons (Fsp3) is 0.111. The number of benzene rings is 1. The first-order valence-corrected chi connectivity index (χ1v) is 7.64. The van der Waals surface area contributed by atoms with Gasteiger partial charge in [0.2, 0.25) is 0 Å². The summed E-state index contributed by atoms with van der Waals surface area (Å²) in [5.74, 6) is 0.689. The Morgan fingerprint density at radius 2 is 1.76 bits per heavy atom. The van der Waals surface area contributed by atoms with E-state index in [-0.39, 0.29) is 6.04 Å². The summed E-state index contributed by atoms with van der Waals surface area (Å²) in [4.78, 5) is 24.4. The van der Waals surface area contributed by atoms with Crippen LogP contribution in [0.4, 0.5) is 10.6 Å². The van der Waals surface area contributed by atoms with E-state index in [0.717, 1.165) is 11.1 Å². The predicted molar refractivity (Wildman–Crippen MR) is 93.3 cm³/mol. The summed E-state index contributed by atoms with van der Waals surface area (Å²) in [5, 5.41) is 5.65. The number of anilines is 1. The van der Waals surface area contributed by atoms with Crippen molar-refractivity contribution in [2.75, 3.05) is 12.4 Å². The molecule has 0 aliphatic carbocycles. The molecule has 3 rings (SSSR count). The molecule has 1 atom stereocenters. The fourth-order valence-electron chi connectivity index (χ4n) is 2.40. The molecule has 2 N–H and O–H groups in total. The molecule has 0 aliphatic heterocycles. The summed E-state index contributed by atoms with van der Waals surface area (Å²) in [6.07, 6.45) is 6.21. The maximum absolute atomic E-state index is 12.5. The molecule has 0 radical (unpaired) electrons. The largest absolute Gasteiger partial charge is 0.491 e. The van der Waals surface area contributed by atoms with Gasteiger partial charge in [0.05, 0.1) is 19.3 Å². The highest BCUT2D eigenvalue weighted by Gasteiger charge is 2.18. The van der Waals surface area contributed by atoms with Crippen LogP contribution in [-0.4, -0.2) is 28.1 Å². The zero-order chi connectivity index (χ0) is 17.5. The maximum atomic E-state index is 12.5. The van der Waals surface area contributed by atoms with E-state index in [1.165, 1.54) is 19.6 Å². The van der Waals surface area contributed by atoms with Crippen LogP contribution in [-0.2, 0) is 0 Å². The Kier molecular flexibility index (Phi) is 5.16. The number of hydrogen-bond acceptors (Lipinski definition) is 5. The van der Waals surface area contributed by atoms with Crippen molar-refractivity contribution in [2.45, 2.75) is 6.04 Å². The number of urea groups is 1. The molecule has 2 heterocycles. The van der Waals surface area contributed by atoms with Crippen molar-refractivity contribution < 1.29 is 9.53 Å². The average Bonchev–Trinajstić information content (AvgIpc) is 2.68. The van der Waals surface area contributed by atoms with Crippen molar-refractivity contribution in [1.82, 2.24) is 20.3 Å². The molecule has 0 fully saturated rings. The van der Waals surface area contributed by atoms with Crippen molar-refractivity contribution >= 4 is 11.8 Å². The molecule has 0 saturated heterocycles. The molecule has 7 heteroatoms. The van der Waals surface area contributed by atoms with Gasteiger partial charge in [0.1, 0.15) is 6.33 Å². The number of ether oxygens (including phenoxy) is 1. The first kappa shape index (κ1) is 16.4. The number of carbonyl (C=O) groups is 1. The number of nitrogens with one attached hydrogen (secondary N) is 2. The Morgan fingerprint density at radius 3 is 2.48 bits per heavy atom. The van der Waals surface area contributed by atoms with Crippen LogP contribution < -0.4 is 15.4 Å². The predicted octanol–water partition coefficient (Wildman–Crippen LogP) is 2.79. The lowest BCUT2D eigenvalue weighted by atomic mass is 10.00. The van der Waals surface area contributed by atoms with Gasteiger partial charge in [0, 0.05) is 12.4 Å². The van der Waals surface area contributed by atoms with Gasteiger partial charge in [-0.05, 0) is 23.3 Å². The molecule has 2 aromatic heterocycles. The molecule has 1 aromatic carbocycles. The summed E-state index contributed by atoms with van der Waals surface area (Å²) >= 11 is 0. The number of carbonyl (C=O) groups excluding carboxylic acids is 1. The van der Waals surface area contributed by atoms with Crippen molar-refractivity contribution in [3.8, 4) is 5.75 Å². The zero-order valence-corrected chi connectivity index (χ0v) is 13.6. The number of methoxy groups -OCH3 is 1. The minimum atomic E-state index is -0.400. The molecule has 0 saturated carbocycles. The summed E-state index contributed by atoms with van der Waals surface area (Å²) in [6, 6.07) is 12.7. The van der Waals surface area contributed by atoms with Crippen molar-refractivity contribution in [3.05, 3.63) is 78.5 Å². The van der Waals surface area contributed by atoms with Gasteiger partial charge in [0.25, 0.3) is 0 Å². The van der Waals surface area contributed by atoms with Gasteiger partial charge in [-0.1, -0.05) is 30.3 Å². The van der Waals surface area contributed by atoms with Gasteiger partial charge in [0.15, 0.2) is 11.6 Å². The number of hydrogen-bond donors (Lipinski definition) is 2. The normalized spacial score (nSPS) is 11.4. The van der Waals surface area contributed by atoms with Crippen LogP contribution in [0.3, 0.4) is 0 Å². The van der Waals surface area contributed by atoms with Gasteiger partial charge in [-0.2, -0.15) is 0 Å². The Balaban J connectivity index is 1.82. The summed E-state index contributed by atoms with van der Waals surface area (Å²) < 4.78 is 5.14. The first-order valence-electron chi connectivity index (χ1n) is 7.64. The quantitative estimate of drug-likeness (QED) is 0.748. The van der Waals surface area contributed by atoms with Crippen LogP contribution >= 0.6 is 0 Å². The number of rotatable bonds is 5. The third kappa shape index (κ3) is 4.08. The van der Waals surface area contributed by atoms with Crippen LogP contribution in [0, 0.1) is 0 Å². The Hall–Kier alpha value is -3.48. The van der Waals surface area contributed by atoms with E-state index in [0.29, 0.717) is 11.6 Å². The second-order valence-electron chi connectivity index (χ2n) is 5.16. The van der Waals surface area contributed by atoms with Gasteiger partial charge in [-0.15, -0.1) is 0 Å². The van der Waals surface area contributed by atoms with E-state index in [9.17, 15) is 4.79 Å². The van der Waals surface area contributed by atoms with Crippen molar-refractivity contribution in [2.24, 2.45) is 0 Å². The highest BCUT2D eigenvalue weighted by atomic mass is 16.5. The van der Waals surface area contributed by atoms with Gasteiger partial charge in [-0.25, -0.2) is 14.8 Å². The molecule has 3 aromatic rings. The minimum absolute atomic E-state index is 0.302. The lowest BCUT2D eigenvalue weighted by molar-refractivity contribution is 0.250. The third-order valence-electron chi connectivity index (χ3n) is 3.58. The average molecular weight is 335 g/mol. The molecule has 25 heavy (non-hydrogen) atoms. The Morgan fingerprint density at radius 1 is 1.04 bits per heavy atom. The molecule has 0 bridgehead atoms. The summed E-state index contributed by atoms with van der Waals surface area (Å²) in [6.45, 7) is 0. The first-order chi connectivity index (χ1) is 12.3. The van der Waals surface area contributed by atoms with E-state index < -0.39 is 6.03 Å². The lowest BCUT2D eigenvalue weighted by Gasteiger charge is -2.20. The number of amides is 2. The molecular formula is C18H17N5O2. The number of aromatic nitrogens is 3. The van der Waals surface area contributed by atoms with Crippen LogP contribution in [0.25, 0.3) is 0 Å². The molecule has 0 spiro atoms. The molecule has 0 aliphatic rings. The molecule has 7 nitrogen and oxygen atoms in total. The van der Waals surface area contributed by atoms with Gasteiger partial charge < -0.3 is 10.1 Å². The van der Waals surface area contributed by atoms with E-state index in [1.54, 1.807) is 12.4 Å². The molecule has 1 unspecified atom stereocenters. The molecular weight excluding hydrogens is 318 g/mol. The standard InChI is InChI=1S/C18H17N5O2/c1-25-15-11-20-12-21-17(15)23-18(24)22-16(13-5-3-2-4-6-13)14-7-9-19-10-8-14/h2-12,16H,1H3,(H2,20,21,22,23,24). The number of nitrogens with zero attached hydrogens (tertiary/aromatic N) is 3. The van der Waals surface area contributed by atoms with Crippen LogP contribution in [0.2, 0.25) is 0 Å². The minimum Gasteiger partial charge on any atom is -0.491 e. The SMILES string of the molecule is COc1cncnc1NC(=O)NC(c1ccccc1)c1ccncc1. The zero-order valence-electron chi connectivity index (χ0n) is 13.6. The number of pyridine rings is 1. The van der Waals surface area contributed by atoms with Gasteiger partial charge in [-0.3, -0.25) is 10.3 Å². The highest BCUT2D eigenvalue weighted by Crippen LogP contribution is 2.22. The Bertz CT molecular complexity index is 788. The molecule has 126 valence electrons. The second-order valence-corrected chi connectivity index (χ2v) is 5.16. The van der Waals surface area contributed by atoms with Crippen LogP contribution in [0.1, 0.15) is 17.2 Å². The molecule has 2 amide bonds. The van der Waals surface area contributed by atoms with Crippen molar-refractivity contribution in [1.29, 1.82) is 0 Å².